The molecule has 0 aliphatic carbocycles. The van der Waals surface area contributed by atoms with Crippen LogP contribution in [0.4, 0.5) is 23.4 Å². The first-order chi connectivity index (χ1) is 12.8. The van der Waals surface area contributed by atoms with Gasteiger partial charge in [-0.25, -0.2) is 4.39 Å². The molecule has 5 nitrogen and oxygen atoms in total. The molecular formula is C18H12F4N4O. The van der Waals surface area contributed by atoms with Crippen molar-refractivity contribution in [3.05, 3.63) is 71.8 Å². The maximum Gasteiger partial charge on any atom is 0.416 e. The minimum atomic E-state index is -4.41. The zero-order valence-corrected chi connectivity index (χ0v) is 13.7. The first kappa shape index (κ1) is 18.4. The van der Waals surface area contributed by atoms with Crippen molar-refractivity contribution in [1.29, 1.82) is 0 Å². The monoisotopic (exact) mass is 376 g/mol. The summed E-state index contributed by atoms with van der Waals surface area (Å²) in [5.41, 5.74) is 0.0376. The van der Waals surface area contributed by atoms with Gasteiger partial charge in [0.2, 0.25) is 5.91 Å². The van der Waals surface area contributed by atoms with Gasteiger partial charge in [-0.15, -0.1) is 10.2 Å². The van der Waals surface area contributed by atoms with E-state index in [-0.39, 0.29) is 17.9 Å². The van der Waals surface area contributed by atoms with Crippen molar-refractivity contribution in [2.75, 3.05) is 5.32 Å². The Kier molecular flexibility index (Phi) is 5.11. The molecule has 0 bridgehead atoms. The quantitative estimate of drug-likeness (QED) is 0.702. The molecule has 0 radical (unpaired) electrons. The molecule has 1 amide bonds. The van der Waals surface area contributed by atoms with Crippen LogP contribution >= 0.6 is 0 Å². The second-order valence-corrected chi connectivity index (χ2v) is 5.54. The summed E-state index contributed by atoms with van der Waals surface area (Å²) >= 11 is 0. The summed E-state index contributed by atoms with van der Waals surface area (Å²) in [6, 6.07) is 10.1. The summed E-state index contributed by atoms with van der Waals surface area (Å²) in [7, 11) is 0. The molecule has 0 saturated heterocycles. The third-order valence-electron chi connectivity index (χ3n) is 3.60. The van der Waals surface area contributed by atoms with E-state index in [1.54, 1.807) is 0 Å². The topological polar surface area (TPSA) is 67.8 Å². The number of aromatic nitrogens is 3. The molecule has 2 aromatic heterocycles. The number of hydrogen-bond donors (Lipinski definition) is 1. The molecule has 1 aromatic carbocycles. The Morgan fingerprint density at radius 3 is 2.33 bits per heavy atom. The van der Waals surface area contributed by atoms with E-state index in [2.05, 4.69) is 20.5 Å². The van der Waals surface area contributed by atoms with Crippen LogP contribution in [0.2, 0.25) is 0 Å². The van der Waals surface area contributed by atoms with Crippen molar-refractivity contribution in [3.8, 4) is 11.3 Å². The number of carbonyl (C=O) groups is 1. The fraction of sp³-hybridized carbons (Fsp3) is 0.111. The van der Waals surface area contributed by atoms with E-state index in [0.717, 1.165) is 12.1 Å². The Balaban J connectivity index is 1.66. The minimum Gasteiger partial charge on any atom is -0.309 e. The summed E-state index contributed by atoms with van der Waals surface area (Å²) in [6.45, 7) is 0. The highest BCUT2D eigenvalue weighted by Gasteiger charge is 2.30. The van der Waals surface area contributed by atoms with Crippen molar-refractivity contribution in [3.63, 3.8) is 0 Å². The first-order valence-corrected chi connectivity index (χ1v) is 7.73. The molecule has 138 valence electrons. The zero-order chi connectivity index (χ0) is 19.4. The highest BCUT2D eigenvalue weighted by molar-refractivity contribution is 5.91. The van der Waals surface area contributed by atoms with Crippen LogP contribution in [0, 0.1) is 5.82 Å². The van der Waals surface area contributed by atoms with Gasteiger partial charge in [0.05, 0.1) is 23.4 Å². The number of alkyl halides is 3. The number of hydrogen-bond acceptors (Lipinski definition) is 4. The number of carbonyl (C=O) groups excluding carboxylic acids is 1. The van der Waals surface area contributed by atoms with Crippen LogP contribution in [0.15, 0.2) is 54.7 Å². The summed E-state index contributed by atoms with van der Waals surface area (Å²) < 4.78 is 51.2. The Hall–Kier alpha value is -3.36. The summed E-state index contributed by atoms with van der Waals surface area (Å²) in [5, 5.41) is 10.2. The largest absolute Gasteiger partial charge is 0.416 e. The zero-order valence-electron chi connectivity index (χ0n) is 13.7. The maximum atomic E-state index is 13.5. The number of pyridine rings is 1. The summed E-state index contributed by atoms with van der Waals surface area (Å²) in [5.74, 6) is -0.979. The third kappa shape index (κ3) is 4.63. The van der Waals surface area contributed by atoms with Crippen molar-refractivity contribution in [1.82, 2.24) is 15.2 Å². The molecule has 0 unspecified atom stereocenters. The predicted molar refractivity (Wildman–Crippen MR) is 89.0 cm³/mol. The third-order valence-corrected chi connectivity index (χ3v) is 3.60. The van der Waals surface area contributed by atoms with E-state index in [0.29, 0.717) is 11.3 Å². The fourth-order valence-corrected chi connectivity index (χ4v) is 2.27. The van der Waals surface area contributed by atoms with E-state index in [9.17, 15) is 22.4 Å². The van der Waals surface area contributed by atoms with E-state index in [1.165, 1.54) is 42.6 Å². The number of amides is 1. The number of benzene rings is 1. The van der Waals surface area contributed by atoms with E-state index < -0.39 is 23.5 Å². The van der Waals surface area contributed by atoms with Gasteiger partial charge in [-0.1, -0.05) is 12.1 Å². The smallest absolute Gasteiger partial charge is 0.309 e. The normalized spacial score (nSPS) is 11.3. The lowest BCUT2D eigenvalue weighted by Gasteiger charge is -2.08. The van der Waals surface area contributed by atoms with Crippen molar-refractivity contribution in [2.24, 2.45) is 0 Å². The highest BCUT2D eigenvalue weighted by Crippen LogP contribution is 2.30. The molecule has 3 rings (SSSR count). The van der Waals surface area contributed by atoms with Gasteiger partial charge in [-0.2, -0.15) is 13.2 Å². The van der Waals surface area contributed by atoms with Crippen LogP contribution in [0.1, 0.15) is 11.3 Å². The van der Waals surface area contributed by atoms with E-state index in [1.807, 2.05) is 0 Å². The molecule has 9 heteroatoms. The van der Waals surface area contributed by atoms with Gasteiger partial charge in [0, 0.05) is 11.8 Å². The Morgan fingerprint density at radius 1 is 1.00 bits per heavy atom. The van der Waals surface area contributed by atoms with Crippen LogP contribution < -0.4 is 5.32 Å². The van der Waals surface area contributed by atoms with Crippen LogP contribution in [0.25, 0.3) is 11.3 Å². The highest BCUT2D eigenvalue weighted by atomic mass is 19.4. The fourth-order valence-electron chi connectivity index (χ4n) is 2.27. The van der Waals surface area contributed by atoms with E-state index in [4.69, 9.17) is 0 Å². The number of anilines is 1. The molecule has 0 aliphatic rings. The van der Waals surface area contributed by atoms with Gasteiger partial charge in [-0.3, -0.25) is 9.78 Å². The van der Waals surface area contributed by atoms with Gasteiger partial charge in [0.15, 0.2) is 5.82 Å². The van der Waals surface area contributed by atoms with Crippen LogP contribution in [0.5, 0.6) is 0 Å². The number of halogens is 4. The molecule has 27 heavy (non-hydrogen) atoms. The average molecular weight is 376 g/mol. The molecule has 0 fully saturated rings. The summed E-state index contributed by atoms with van der Waals surface area (Å²) in [6.07, 6.45) is -3.30. The maximum absolute atomic E-state index is 13.5. The Bertz CT molecular complexity index is 941. The SMILES string of the molecule is O=C(Cc1ncccc1F)Nc1ccc(-c2ccc(C(F)(F)F)cc2)nn1. The Labute approximate surface area is 151 Å². The van der Waals surface area contributed by atoms with Crippen LogP contribution in [-0.4, -0.2) is 21.1 Å². The number of rotatable bonds is 4. The van der Waals surface area contributed by atoms with Gasteiger partial charge in [0.1, 0.15) is 5.82 Å². The van der Waals surface area contributed by atoms with E-state index >= 15 is 0 Å². The number of nitrogens with zero attached hydrogens (tertiary/aromatic N) is 3. The molecule has 2 heterocycles. The van der Waals surface area contributed by atoms with Crippen molar-refractivity contribution < 1.29 is 22.4 Å². The molecule has 0 atom stereocenters. The molecule has 1 N–H and O–H groups in total. The standard InChI is InChI=1S/C18H12F4N4O/c19-13-2-1-9-23-15(13)10-17(27)24-16-8-7-14(25-26-16)11-3-5-12(6-4-11)18(20,21)22/h1-9H,10H2,(H,24,26,27). The van der Waals surface area contributed by atoms with Crippen molar-refractivity contribution in [2.45, 2.75) is 12.6 Å². The molecular weight excluding hydrogens is 364 g/mol. The van der Waals surface area contributed by atoms with Gasteiger partial charge in [0.25, 0.3) is 0 Å². The van der Waals surface area contributed by atoms with Crippen LogP contribution in [-0.2, 0) is 17.4 Å². The lowest BCUT2D eigenvalue weighted by Crippen LogP contribution is -2.17. The first-order valence-electron chi connectivity index (χ1n) is 7.73. The Morgan fingerprint density at radius 2 is 1.74 bits per heavy atom. The average Bonchev–Trinajstić information content (AvgIpc) is 2.64. The molecule has 0 saturated carbocycles. The molecule has 0 aliphatic heterocycles. The second-order valence-electron chi connectivity index (χ2n) is 5.54. The van der Waals surface area contributed by atoms with Gasteiger partial charge in [-0.05, 0) is 36.4 Å². The number of nitrogens with one attached hydrogen (secondary N) is 1. The van der Waals surface area contributed by atoms with Gasteiger partial charge < -0.3 is 5.32 Å². The second kappa shape index (κ2) is 7.48. The lowest BCUT2D eigenvalue weighted by molar-refractivity contribution is -0.137. The summed E-state index contributed by atoms with van der Waals surface area (Å²) in [4.78, 5) is 15.7. The van der Waals surface area contributed by atoms with Crippen molar-refractivity contribution >= 4 is 11.7 Å². The van der Waals surface area contributed by atoms with Crippen LogP contribution in [0.3, 0.4) is 0 Å². The molecule has 0 spiro atoms. The minimum absolute atomic E-state index is 0.00401. The van der Waals surface area contributed by atoms with Gasteiger partial charge >= 0.3 is 6.18 Å². The lowest BCUT2D eigenvalue weighted by atomic mass is 10.1. The predicted octanol–water partition coefficient (Wildman–Crippen LogP) is 3.88. The molecule has 3 aromatic rings.